The lowest BCUT2D eigenvalue weighted by Crippen LogP contribution is -2.03. The Hall–Kier alpha value is 0. The monoisotopic (exact) mass is 394 g/mol. The molecule has 0 fully saturated rings. The molecule has 170 valence electrons. The van der Waals surface area contributed by atoms with E-state index in [0.717, 1.165) is 11.8 Å². The van der Waals surface area contributed by atoms with Gasteiger partial charge in [-0.05, 0) is 18.3 Å². The second kappa shape index (κ2) is 23.3. The van der Waals surface area contributed by atoms with Crippen LogP contribution < -0.4 is 0 Å². The molecule has 0 amide bonds. The normalized spacial score (nSPS) is 13.7. The molecule has 0 spiro atoms. The molecule has 0 nitrogen and oxygen atoms in total. The van der Waals surface area contributed by atoms with Gasteiger partial charge in [-0.2, -0.15) is 0 Å². The van der Waals surface area contributed by atoms with Crippen molar-refractivity contribution in [2.24, 2.45) is 11.8 Å². The van der Waals surface area contributed by atoms with Gasteiger partial charge in [0.25, 0.3) is 0 Å². The van der Waals surface area contributed by atoms with Crippen LogP contribution in [0.1, 0.15) is 169 Å². The Morgan fingerprint density at radius 3 is 0.929 bits per heavy atom. The first-order chi connectivity index (χ1) is 13.7. The number of unbranched alkanes of at least 4 members (excludes halogenated alkanes) is 17. The smallest absolute Gasteiger partial charge is 0.0440 e. The summed E-state index contributed by atoms with van der Waals surface area (Å²) in [5.74, 6) is 1.89. The minimum Gasteiger partial charge on any atom is -0.0654 e. The first kappa shape index (κ1) is 28.0. The van der Waals surface area contributed by atoms with Crippen molar-refractivity contribution >= 4 is 0 Å². The summed E-state index contributed by atoms with van der Waals surface area (Å²) in [6.45, 7) is 9.59. The van der Waals surface area contributed by atoms with E-state index in [9.17, 15) is 0 Å². The van der Waals surface area contributed by atoms with Gasteiger partial charge in [-0.1, -0.05) is 163 Å². The Kier molecular flexibility index (Phi) is 23.3. The van der Waals surface area contributed by atoms with Crippen molar-refractivity contribution in [3.05, 3.63) is 0 Å². The van der Waals surface area contributed by atoms with Crippen molar-refractivity contribution < 1.29 is 0 Å². The number of hydrogen-bond acceptors (Lipinski definition) is 0. The molecule has 0 aromatic heterocycles. The Bertz CT molecular complexity index is 269. The molecule has 28 heavy (non-hydrogen) atoms. The molecule has 0 aliphatic rings. The average molecular weight is 395 g/mol. The lowest BCUT2D eigenvalue weighted by molar-refractivity contribution is 0.357. The zero-order valence-electron chi connectivity index (χ0n) is 20.7. The van der Waals surface area contributed by atoms with Gasteiger partial charge in [0, 0.05) is 0 Å². The van der Waals surface area contributed by atoms with Crippen LogP contribution in [-0.4, -0.2) is 0 Å². The maximum atomic E-state index is 2.49. The molecule has 0 bridgehead atoms. The molecule has 0 heterocycles. The summed E-state index contributed by atoms with van der Waals surface area (Å²) in [6, 6.07) is 0. The highest BCUT2D eigenvalue weighted by Gasteiger charge is 2.08. The highest BCUT2D eigenvalue weighted by atomic mass is 14.1. The van der Waals surface area contributed by atoms with Gasteiger partial charge in [-0.3, -0.25) is 0 Å². The second-order valence-corrected chi connectivity index (χ2v) is 10.0. The van der Waals surface area contributed by atoms with Gasteiger partial charge in [0.05, 0.1) is 0 Å². The van der Waals surface area contributed by atoms with Crippen molar-refractivity contribution in [3.63, 3.8) is 0 Å². The predicted molar refractivity (Wildman–Crippen MR) is 131 cm³/mol. The van der Waals surface area contributed by atoms with Crippen molar-refractivity contribution in [2.45, 2.75) is 169 Å². The fourth-order valence-electron chi connectivity index (χ4n) is 4.71. The fraction of sp³-hybridized carbons (Fsp3) is 1.00. The van der Waals surface area contributed by atoms with Gasteiger partial charge in [0.15, 0.2) is 0 Å². The maximum absolute atomic E-state index is 2.49. The summed E-state index contributed by atoms with van der Waals surface area (Å²) in [7, 11) is 0. The topological polar surface area (TPSA) is 0 Å². The van der Waals surface area contributed by atoms with E-state index in [-0.39, 0.29) is 0 Å². The molecular formula is C28H58. The molecule has 0 aromatic carbocycles. The summed E-state index contributed by atoms with van der Waals surface area (Å²) in [5, 5.41) is 0. The van der Waals surface area contributed by atoms with Gasteiger partial charge in [-0.15, -0.1) is 0 Å². The second-order valence-electron chi connectivity index (χ2n) is 10.0. The highest BCUT2D eigenvalue weighted by Crippen LogP contribution is 2.23. The van der Waals surface area contributed by atoms with Crippen molar-refractivity contribution in [3.8, 4) is 0 Å². The summed E-state index contributed by atoms with van der Waals surface area (Å²) < 4.78 is 0. The minimum absolute atomic E-state index is 0.947. The molecule has 0 saturated heterocycles. The molecular weight excluding hydrogens is 336 g/mol. The zero-order valence-corrected chi connectivity index (χ0v) is 20.7. The van der Waals surface area contributed by atoms with Crippen LogP contribution in [0.15, 0.2) is 0 Å². The van der Waals surface area contributed by atoms with Gasteiger partial charge in [0.1, 0.15) is 0 Å². The quantitative estimate of drug-likeness (QED) is 0.151. The summed E-state index contributed by atoms with van der Waals surface area (Å²) in [6.07, 6.45) is 32.2. The predicted octanol–water partition coefficient (Wildman–Crippen LogP) is 10.9. The standard InChI is InChI=1S/C28H58/c1-5-7-9-11-12-13-14-15-16-17-18-19-20-21-23-25-28(4)26-27(3)24-22-10-8-6-2/h27-28H,5-26H2,1-4H3. The van der Waals surface area contributed by atoms with Gasteiger partial charge in [-0.25, -0.2) is 0 Å². The number of hydrogen-bond donors (Lipinski definition) is 0. The van der Waals surface area contributed by atoms with E-state index < -0.39 is 0 Å². The molecule has 0 N–H and O–H groups in total. The Morgan fingerprint density at radius 2 is 0.607 bits per heavy atom. The van der Waals surface area contributed by atoms with Gasteiger partial charge in [0.2, 0.25) is 0 Å². The third-order valence-electron chi connectivity index (χ3n) is 6.66. The fourth-order valence-corrected chi connectivity index (χ4v) is 4.71. The Balaban J connectivity index is 3.21. The molecule has 2 atom stereocenters. The van der Waals surface area contributed by atoms with Crippen LogP contribution in [0, 0.1) is 11.8 Å². The SMILES string of the molecule is CCCCCCCCCCCCCCCCCC(C)CC(C)CCCCCC. The Morgan fingerprint density at radius 1 is 0.357 bits per heavy atom. The van der Waals surface area contributed by atoms with Crippen LogP contribution in [0.3, 0.4) is 0 Å². The largest absolute Gasteiger partial charge is 0.0654 e. The van der Waals surface area contributed by atoms with E-state index >= 15 is 0 Å². The molecule has 0 aliphatic carbocycles. The van der Waals surface area contributed by atoms with Crippen LogP contribution in [0.5, 0.6) is 0 Å². The first-order valence-corrected chi connectivity index (χ1v) is 13.7. The summed E-state index contributed by atoms with van der Waals surface area (Å²) >= 11 is 0. The van der Waals surface area contributed by atoms with E-state index in [1.807, 2.05) is 0 Å². The van der Waals surface area contributed by atoms with Crippen LogP contribution in [-0.2, 0) is 0 Å². The molecule has 0 aliphatic heterocycles. The van der Waals surface area contributed by atoms with Crippen LogP contribution in [0.25, 0.3) is 0 Å². The molecule has 0 aromatic rings. The van der Waals surface area contributed by atoms with Crippen LogP contribution in [0.4, 0.5) is 0 Å². The van der Waals surface area contributed by atoms with Crippen LogP contribution in [0.2, 0.25) is 0 Å². The minimum atomic E-state index is 0.947. The molecule has 0 rings (SSSR count). The lowest BCUT2D eigenvalue weighted by atomic mass is 9.89. The zero-order chi connectivity index (χ0) is 20.7. The third kappa shape index (κ3) is 22.3. The van der Waals surface area contributed by atoms with E-state index in [0.29, 0.717) is 0 Å². The maximum Gasteiger partial charge on any atom is -0.0440 e. The summed E-state index contributed by atoms with van der Waals surface area (Å²) in [5.41, 5.74) is 0. The lowest BCUT2D eigenvalue weighted by Gasteiger charge is -2.17. The molecule has 0 saturated carbocycles. The highest BCUT2D eigenvalue weighted by molar-refractivity contribution is 4.61. The van der Waals surface area contributed by atoms with E-state index in [2.05, 4.69) is 27.7 Å². The molecule has 0 radical (unpaired) electrons. The van der Waals surface area contributed by atoms with Gasteiger partial charge >= 0.3 is 0 Å². The number of rotatable bonds is 23. The van der Waals surface area contributed by atoms with E-state index in [1.54, 1.807) is 0 Å². The van der Waals surface area contributed by atoms with Crippen molar-refractivity contribution in [2.75, 3.05) is 0 Å². The van der Waals surface area contributed by atoms with Crippen molar-refractivity contribution in [1.29, 1.82) is 0 Å². The van der Waals surface area contributed by atoms with E-state index in [1.165, 1.54) is 141 Å². The Labute approximate surface area is 181 Å². The van der Waals surface area contributed by atoms with Crippen LogP contribution >= 0.6 is 0 Å². The summed E-state index contributed by atoms with van der Waals surface area (Å²) in [4.78, 5) is 0. The van der Waals surface area contributed by atoms with E-state index in [4.69, 9.17) is 0 Å². The molecule has 2 unspecified atom stereocenters. The van der Waals surface area contributed by atoms with Gasteiger partial charge < -0.3 is 0 Å². The van der Waals surface area contributed by atoms with Crippen molar-refractivity contribution in [1.82, 2.24) is 0 Å². The first-order valence-electron chi connectivity index (χ1n) is 13.7. The third-order valence-corrected chi connectivity index (χ3v) is 6.66. The average Bonchev–Trinajstić information content (AvgIpc) is 2.68. The molecule has 0 heteroatoms.